The lowest BCUT2D eigenvalue weighted by atomic mass is 9.99. The summed E-state index contributed by atoms with van der Waals surface area (Å²) in [5.74, 6) is -0.914. The summed E-state index contributed by atoms with van der Waals surface area (Å²) in [7, 11) is 0. The van der Waals surface area contributed by atoms with E-state index < -0.39 is 5.97 Å². The summed E-state index contributed by atoms with van der Waals surface area (Å²) in [6.07, 6.45) is 0.465. The molecule has 0 spiro atoms. The molecule has 0 bridgehead atoms. The highest BCUT2D eigenvalue weighted by atomic mass is 16.4. The van der Waals surface area contributed by atoms with Crippen molar-refractivity contribution in [1.29, 1.82) is 0 Å². The quantitative estimate of drug-likeness (QED) is 0.570. The third-order valence-electron chi connectivity index (χ3n) is 2.73. The number of benzene rings is 2. The molecule has 92 valence electrons. The Morgan fingerprint density at radius 3 is 2.56 bits per heavy atom. The molecular formula is C14H13NO3. The van der Waals surface area contributed by atoms with Crippen molar-refractivity contribution in [3.8, 4) is 5.75 Å². The van der Waals surface area contributed by atoms with Crippen molar-refractivity contribution in [2.24, 2.45) is 0 Å². The summed E-state index contributed by atoms with van der Waals surface area (Å²) in [6.45, 7) is 0. The van der Waals surface area contributed by atoms with Crippen LogP contribution in [-0.2, 0) is 6.42 Å². The van der Waals surface area contributed by atoms with Crippen molar-refractivity contribution in [1.82, 2.24) is 0 Å². The number of phenolic OH excluding ortho intramolecular Hbond substituents is 1. The van der Waals surface area contributed by atoms with Crippen LogP contribution in [0.4, 0.5) is 5.69 Å². The number of nitrogens with two attached hydrogens (primary N) is 1. The van der Waals surface area contributed by atoms with Crippen LogP contribution in [0.5, 0.6) is 5.75 Å². The van der Waals surface area contributed by atoms with Gasteiger partial charge >= 0.3 is 5.97 Å². The van der Waals surface area contributed by atoms with Crippen LogP contribution in [0.1, 0.15) is 21.5 Å². The summed E-state index contributed by atoms with van der Waals surface area (Å²) in [4.78, 5) is 11.1. The summed E-state index contributed by atoms with van der Waals surface area (Å²) >= 11 is 0. The molecule has 0 aliphatic heterocycles. The van der Waals surface area contributed by atoms with E-state index in [4.69, 9.17) is 10.8 Å². The van der Waals surface area contributed by atoms with E-state index in [0.717, 1.165) is 11.1 Å². The number of carboxylic acid groups (broad SMARTS) is 1. The third-order valence-corrected chi connectivity index (χ3v) is 2.73. The first kappa shape index (κ1) is 12.0. The molecule has 0 radical (unpaired) electrons. The van der Waals surface area contributed by atoms with Crippen LogP contribution in [0, 0.1) is 0 Å². The number of carboxylic acids is 1. The van der Waals surface area contributed by atoms with Crippen molar-refractivity contribution >= 4 is 11.7 Å². The number of phenols is 1. The second-order valence-corrected chi connectivity index (χ2v) is 4.03. The predicted octanol–water partition coefficient (Wildman–Crippen LogP) is 2.26. The maximum Gasteiger partial charge on any atom is 0.335 e. The molecule has 4 nitrogen and oxygen atoms in total. The highest BCUT2D eigenvalue weighted by molar-refractivity contribution is 5.89. The minimum absolute atomic E-state index is 0.0327. The maximum atomic E-state index is 11.1. The Morgan fingerprint density at radius 1 is 1.17 bits per heavy atom. The van der Waals surface area contributed by atoms with Gasteiger partial charge in [0.1, 0.15) is 5.75 Å². The first-order chi connectivity index (χ1) is 8.58. The number of aromatic hydroxyl groups is 1. The Labute approximate surface area is 104 Å². The fraction of sp³-hybridized carbons (Fsp3) is 0.0714. The van der Waals surface area contributed by atoms with Gasteiger partial charge in [-0.25, -0.2) is 4.79 Å². The van der Waals surface area contributed by atoms with Crippen LogP contribution >= 0.6 is 0 Å². The van der Waals surface area contributed by atoms with Crippen LogP contribution in [0.3, 0.4) is 0 Å². The molecule has 0 saturated carbocycles. The standard InChI is InChI=1S/C14H13NO3/c15-12-8-9(5-6-13(12)16)7-10-3-1-2-4-11(10)14(17)18/h1-6,8,16H,7,15H2,(H,17,18). The number of nitrogen functional groups attached to an aromatic ring is 1. The Morgan fingerprint density at radius 2 is 1.89 bits per heavy atom. The molecule has 0 unspecified atom stereocenters. The number of hydrogen-bond donors (Lipinski definition) is 3. The van der Waals surface area contributed by atoms with Crippen molar-refractivity contribution in [3.63, 3.8) is 0 Å². The smallest absolute Gasteiger partial charge is 0.335 e. The molecule has 4 heteroatoms. The lowest BCUT2D eigenvalue weighted by molar-refractivity contribution is 0.0696. The van der Waals surface area contributed by atoms with E-state index in [9.17, 15) is 9.90 Å². The lowest BCUT2D eigenvalue weighted by Crippen LogP contribution is -2.03. The third kappa shape index (κ3) is 2.43. The molecule has 0 aromatic heterocycles. The average molecular weight is 243 g/mol. The molecule has 18 heavy (non-hydrogen) atoms. The first-order valence-corrected chi connectivity index (χ1v) is 5.46. The first-order valence-electron chi connectivity index (χ1n) is 5.46. The zero-order valence-corrected chi connectivity index (χ0v) is 9.63. The fourth-order valence-corrected chi connectivity index (χ4v) is 1.82. The molecule has 0 saturated heterocycles. The molecule has 4 N–H and O–H groups in total. The van der Waals surface area contributed by atoms with E-state index >= 15 is 0 Å². The van der Waals surface area contributed by atoms with Gasteiger partial charge in [-0.1, -0.05) is 24.3 Å². The second-order valence-electron chi connectivity index (χ2n) is 4.03. The molecule has 0 heterocycles. The van der Waals surface area contributed by atoms with Gasteiger partial charge < -0.3 is 15.9 Å². The number of anilines is 1. The van der Waals surface area contributed by atoms with Gasteiger partial charge in [-0.05, 0) is 35.7 Å². The summed E-state index contributed by atoms with van der Waals surface area (Å²) in [5.41, 5.74) is 7.76. The maximum absolute atomic E-state index is 11.1. The second kappa shape index (κ2) is 4.79. The van der Waals surface area contributed by atoms with Gasteiger partial charge in [0.15, 0.2) is 0 Å². The van der Waals surface area contributed by atoms with Crippen LogP contribution in [0.25, 0.3) is 0 Å². The van der Waals surface area contributed by atoms with Crippen molar-refractivity contribution in [3.05, 3.63) is 59.2 Å². The van der Waals surface area contributed by atoms with Gasteiger partial charge in [0.05, 0.1) is 11.3 Å². The minimum Gasteiger partial charge on any atom is -0.506 e. The van der Waals surface area contributed by atoms with Crippen molar-refractivity contribution in [2.45, 2.75) is 6.42 Å². The zero-order valence-electron chi connectivity index (χ0n) is 9.63. The summed E-state index contributed by atoms with van der Waals surface area (Å²) in [6, 6.07) is 11.7. The number of hydrogen-bond acceptors (Lipinski definition) is 3. The Hall–Kier alpha value is -2.49. The van der Waals surface area contributed by atoms with E-state index in [1.807, 2.05) is 0 Å². The lowest BCUT2D eigenvalue weighted by Gasteiger charge is -2.07. The van der Waals surface area contributed by atoms with Gasteiger partial charge in [0.2, 0.25) is 0 Å². The molecule has 0 aliphatic rings. The largest absolute Gasteiger partial charge is 0.506 e. The van der Waals surface area contributed by atoms with E-state index in [1.54, 1.807) is 36.4 Å². The molecular weight excluding hydrogens is 230 g/mol. The van der Waals surface area contributed by atoms with E-state index in [2.05, 4.69) is 0 Å². The topological polar surface area (TPSA) is 83.6 Å². The Kier molecular flexibility index (Phi) is 3.19. The summed E-state index contributed by atoms with van der Waals surface area (Å²) in [5, 5.41) is 18.4. The van der Waals surface area contributed by atoms with Gasteiger partial charge in [0.25, 0.3) is 0 Å². The van der Waals surface area contributed by atoms with Gasteiger partial charge in [-0.2, -0.15) is 0 Å². The molecule has 0 aliphatic carbocycles. The highest BCUT2D eigenvalue weighted by Gasteiger charge is 2.09. The van der Waals surface area contributed by atoms with Crippen molar-refractivity contribution < 1.29 is 15.0 Å². The molecule has 2 aromatic rings. The number of aromatic carboxylic acids is 1. The number of rotatable bonds is 3. The monoisotopic (exact) mass is 243 g/mol. The molecule has 0 fully saturated rings. The van der Waals surface area contributed by atoms with E-state index in [1.165, 1.54) is 6.07 Å². The van der Waals surface area contributed by atoms with Crippen LogP contribution in [-0.4, -0.2) is 16.2 Å². The van der Waals surface area contributed by atoms with E-state index in [0.29, 0.717) is 12.1 Å². The molecule has 0 amide bonds. The minimum atomic E-state index is -0.947. The van der Waals surface area contributed by atoms with Crippen molar-refractivity contribution in [2.75, 3.05) is 5.73 Å². The Balaban J connectivity index is 2.34. The highest BCUT2D eigenvalue weighted by Crippen LogP contribution is 2.23. The summed E-state index contributed by atoms with van der Waals surface area (Å²) < 4.78 is 0. The molecule has 2 aromatic carbocycles. The normalized spacial score (nSPS) is 10.2. The SMILES string of the molecule is Nc1cc(Cc2ccccc2C(=O)O)ccc1O. The number of carbonyl (C=O) groups is 1. The van der Waals surface area contributed by atoms with Gasteiger partial charge in [0, 0.05) is 0 Å². The van der Waals surface area contributed by atoms with Crippen LogP contribution in [0.2, 0.25) is 0 Å². The Bertz CT molecular complexity index is 593. The average Bonchev–Trinajstić information content (AvgIpc) is 2.34. The predicted molar refractivity (Wildman–Crippen MR) is 68.7 cm³/mol. The van der Waals surface area contributed by atoms with Gasteiger partial charge in [-0.3, -0.25) is 0 Å². The molecule has 0 atom stereocenters. The van der Waals surface area contributed by atoms with Crippen LogP contribution < -0.4 is 5.73 Å². The van der Waals surface area contributed by atoms with Crippen LogP contribution in [0.15, 0.2) is 42.5 Å². The molecule has 2 rings (SSSR count). The van der Waals surface area contributed by atoms with E-state index in [-0.39, 0.29) is 11.3 Å². The fourth-order valence-electron chi connectivity index (χ4n) is 1.82. The zero-order chi connectivity index (χ0) is 13.1. The van der Waals surface area contributed by atoms with Gasteiger partial charge in [-0.15, -0.1) is 0 Å².